The van der Waals surface area contributed by atoms with Crippen molar-refractivity contribution in [3.8, 4) is 0 Å². The van der Waals surface area contributed by atoms with Crippen molar-refractivity contribution in [1.29, 1.82) is 0 Å². The second-order valence-corrected chi connectivity index (χ2v) is 6.76. The van der Waals surface area contributed by atoms with E-state index in [0.717, 1.165) is 36.1 Å². The van der Waals surface area contributed by atoms with E-state index in [0.29, 0.717) is 6.42 Å². The van der Waals surface area contributed by atoms with Gasteiger partial charge in [0.25, 0.3) is 0 Å². The van der Waals surface area contributed by atoms with E-state index >= 15 is 0 Å². The number of carboxylic acid groups (broad SMARTS) is 1. The maximum atomic E-state index is 11.2. The summed E-state index contributed by atoms with van der Waals surface area (Å²) in [7, 11) is 1.69. The van der Waals surface area contributed by atoms with Crippen LogP contribution in [0.5, 0.6) is 0 Å². The number of thioether (sulfide) groups is 1. The van der Waals surface area contributed by atoms with Crippen LogP contribution in [0.15, 0.2) is 5.16 Å². The number of aliphatic carboxylic acids is 1. The average Bonchev–Trinajstić information content (AvgIpc) is 2.70. The lowest BCUT2D eigenvalue weighted by Gasteiger charge is -2.23. The Labute approximate surface area is 129 Å². The van der Waals surface area contributed by atoms with Gasteiger partial charge in [-0.3, -0.25) is 4.79 Å². The molecule has 0 saturated heterocycles. The lowest BCUT2D eigenvalue weighted by Crippen LogP contribution is -2.47. The molecule has 0 spiro atoms. The van der Waals surface area contributed by atoms with Crippen molar-refractivity contribution in [2.45, 2.75) is 62.7 Å². The Kier molecular flexibility index (Phi) is 5.64. The van der Waals surface area contributed by atoms with E-state index in [4.69, 9.17) is 0 Å². The van der Waals surface area contributed by atoms with Crippen LogP contribution < -0.4 is 5.32 Å². The molecule has 1 atom stereocenters. The normalized spacial score (nSPS) is 17.8. The zero-order chi connectivity index (χ0) is 15.3. The molecule has 0 amide bonds. The van der Waals surface area contributed by atoms with Crippen LogP contribution in [-0.2, 0) is 17.8 Å². The molecule has 2 N–H and O–H groups in total. The van der Waals surface area contributed by atoms with Crippen LogP contribution in [0.3, 0.4) is 0 Å². The number of aromatic nitrogens is 3. The molecule has 21 heavy (non-hydrogen) atoms. The summed E-state index contributed by atoms with van der Waals surface area (Å²) in [4.78, 5) is 11.2. The van der Waals surface area contributed by atoms with Gasteiger partial charge in [0.2, 0.25) is 0 Å². The second kappa shape index (κ2) is 7.26. The van der Waals surface area contributed by atoms with Crippen LogP contribution in [0.2, 0.25) is 0 Å². The molecule has 6 nitrogen and oxygen atoms in total. The van der Waals surface area contributed by atoms with Crippen LogP contribution in [0.4, 0.5) is 0 Å². The minimum Gasteiger partial charge on any atom is -0.480 e. The van der Waals surface area contributed by atoms with Gasteiger partial charge in [0, 0.05) is 18.7 Å². The zero-order valence-corrected chi connectivity index (χ0v) is 13.6. The molecule has 0 saturated carbocycles. The third-order valence-corrected chi connectivity index (χ3v) is 5.20. The number of hydrogen-bond acceptors (Lipinski definition) is 5. The quantitative estimate of drug-likeness (QED) is 0.591. The van der Waals surface area contributed by atoms with Crippen molar-refractivity contribution < 1.29 is 9.90 Å². The van der Waals surface area contributed by atoms with Crippen molar-refractivity contribution in [3.63, 3.8) is 0 Å². The Morgan fingerprint density at radius 2 is 2.24 bits per heavy atom. The maximum Gasteiger partial charge on any atom is 0.323 e. The van der Waals surface area contributed by atoms with Gasteiger partial charge < -0.3 is 15.0 Å². The fourth-order valence-corrected chi connectivity index (χ4v) is 3.42. The van der Waals surface area contributed by atoms with E-state index in [1.165, 1.54) is 19.3 Å². The Hall–Kier alpha value is -1.08. The van der Waals surface area contributed by atoms with Crippen LogP contribution >= 0.6 is 11.8 Å². The van der Waals surface area contributed by atoms with Crippen molar-refractivity contribution in [3.05, 3.63) is 5.82 Å². The van der Waals surface area contributed by atoms with Gasteiger partial charge in [-0.1, -0.05) is 18.2 Å². The Morgan fingerprint density at radius 3 is 2.95 bits per heavy atom. The zero-order valence-electron chi connectivity index (χ0n) is 12.8. The Balaban J connectivity index is 1.84. The minimum atomic E-state index is -0.845. The minimum absolute atomic E-state index is 0.604. The highest BCUT2D eigenvalue weighted by atomic mass is 32.2. The van der Waals surface area contributed by atoms with Gasteiger partial charge in [-0.15, -0.1) is 10.2 Å². The lowest BCUT2D eigenvalue weighted by atomic mass is 9.97. The van der Waals surface area contributed by atoms with Gasteiger partial charge in [0.05, 0.1) is 0 Å². The molecule has 1 aromatic heterocycles. The number of carboxylic acids is 1. The standard InChI is InChI=1S/C14H24N4O2S/c1-14(15-2,12(19)20)8-6-10-21-13-17-16-11-7-4-3-5-9-18(11)13/h15H,3-10H2,1-2H3,(H,19,20). The fourth-order valence-electron chi connectivity index (χ4n) is 2.49. The van der Waals surface area contributed by atoms with Gasteiger partial charge in [-0.25, -0.2) is 0 Å². The predicted octanol–water partition coefficient (Wildman–Crippen LogP) is 1.94. The number of nitrogens with one attached hydrogen (secondary N) is 1. The smallest absolute Gasteiger partial charge is 0.323 e. The third-order valence-electron chi connectivity index (χ3n) is 4.15. The number of fused-ring (bicyclic) bond motifs is 1. The van der Waals surface area contributed by atoms with Crippen LogP contribution in [-0.4, -0.2) is 44.2 Å². The number of nitrogens with zero attached hydrogens (tertiary/aromatic N) is 3. The van der Waals surface area contributed by atoms with E-state index < -0.39 is 11.5 Å². The summed E-state index contributed by atoms with van der Waals surface area (Å²) in [6.07, 6.45) is 6.09. The Morgan fingerprint density at radius 1 is 1.43 bits per heavy atom. The van der Waals surface area contributed by atoms with Gasteiger partial charge in [0.1, 0.15) is 11.4 Å². The van der Waals surface area contributed by atoms with Crippen molar-refractivity contribution in [1.82, 2.24) is 20.1 Å². The number of likely N-dealkylation sites (N-methyl/N-ethyl adjacent to an activating group) is 1. The van der Waals surface area contributed by atoms with Crippen LogP contribution in [0.1, 0.15) is 44.9 Å². The van der Waals surface area contributed by atoms with Crippen molar-refractivity contribution >= 4 is 17.7 Å². The van der Waals surface area contributed by atoms with E-state index in [-0.39, 0.29) is 0 Å². The van der Waals surface area contributed by atoms with Crippen molar-refractivity contribution in [2.75, 3.05) is 12.8 Å². The van der Waals surface area contributed by atoms with Crippen LogP contribution in [0.25, 0.3) is 0 Å². The molecule has 1 aliphatic heterocycles. The summed E-state index contributed by atoms with van der Waals surface area (Å²) < 4.78 is 2.23. The van der Waals surface area contributed by atoms with Gasteiger partial charge in [-0.05, 0) is 39.7 Å². The summed E-state index contributed by atoms with van der Waals surface area (Å²) in [5, 5.41) is 21.6. The SMILES string of the molecule is CNC(C)(CCCSc1nnc2n1CCCCC2)C(=O)O. The molecule has 0 radical (unpaired) electrons. The Bertz CT molecular complexity index is 491. The first kappa shape index (κ1) is 16.3. The molecule has 1 unspecified atom stereocenters. The molecule has 2 rings (SSSR count). The highest BCUT2D eigenvalue weighted by Crippen LogP contribution is 2.23. The molecular formula is C14H24N4O2S. The van der Waals surface area contributed by atoms with Gasteiger partial charge >= 0.3 is 5.97 Å². The molecule has 0 bridgehead atoms. The fraction of sp³-hybridized carbons (Fsp3) is 0.786. The van der Waals surface area contributed by atoms with E-state index in [2.05, 4.69) is 20.1 Å². The van der Waals surface area contributed by atoms with E-state index in [1.54, 1.807) is 25.7 Å². The first-order valence-electron chi connectivity index (χ1n) is 7.54. The number of carbonyl (C=O) groups is 1. The molecular weight excluding hydrogens is 288 g/mol. The third kappa shape index (κ3) is 3.97. The topological polar surface area (TPSA) is 80.0 Å². The van der Waals surface area contributed by atoms with Crippen molar-refractivity contribution in [2.24, 2.45) is 0 Å². The van der Waals surface area contributed by atoms with Gasteiger partial charge in [-0.2, -0.15) is 0 Å². The molecule has 1 aliphatic rings. The monoisotopic (exact) mass is 312 g/mol. The van der Waals surface area contributed by atoms with Crippen LogP contribution in [0, 0.1) is 0 Å². The molecule has 118 valence electrons. The highest BCUT2D eigenvalue weighted by molar-refractivity contribution is 7.99. The summed E-state index contributed by atoms with van der Waals surface area (Å²) in [5.41, 5.74) is -0.845. The first-order valence-corrected chi connectivity index (χ1v) is 8.52. The largest absolute Gasteiger partial charge is 0.480 e. The first-order chi connectivity index (χ1) is 10.1. The van der Waals surface area contributed by atoms with E-state index in [9.17, 15) is 9.90 Å². The molecule has 0 aliphatic carbocycles. The number of aryl methyl sites for hydroxylation is 1. The summed E-state index contributed by atoms with van der Waals surface area (Å²) in [6.45, 7) is 2.73. The average molecular weight is 312 g/mol. The maximum absolute atomic E-state index is 11.2. The molecule has 2 heterocycles. The summed E-state index contributed by atoms with van der Waals surface area (Å²) in [5.74, 6) is 1.16. The highest BCUT2D eigenvalue weighted by Gasteiger charge is 2.30. The number of hydrogen-bond donors (Lipinski definition) is 2. The molecule has 7 heteroatoms. The predicted molar refractivity (Wildman–Crippen MR) is 82.6 cm³/mol. The van der Waals surface area contributed by atoms with Gasteiger partial charge in [0.15, 0.2) is 5.16 Å². The summed E-state index contributed by atoms with van der Waals surface area (Å²) >= 11 is 1.68. The molecule has 0 fully saturated rings. The molecule has 1 aromatic rings. The lowest BCUT2D eigenvalue weighted by molar-refractivity contribution is -0.144. The molecule has 0 aromatic carbocycles. The summed E-state index contributed by atoms with van der Waals surface area (Å²) in [6, 6.07) is 0. The second-order valence-electron chi connectivity index (χ2n) is 5.70. The number of rotatable bonds is 7. The van der Waals surface area contributed by atoms with E-state index in [1.807, 2.05) is 0 Å².